The molecular formula is C20H31Cl2N5O. The second kappa shape index (κ2) is 11.4. The normalized spacial score (nSPS) is 19.6. The van der Waals surface area contributed by atoms with Crippen LogP contribution in [0.4, 0.5) is 0 Å². The zero-order valence-corrected chi connectivity index (χ0v) is 18.3. The quantitative estimate of drug-likeness (QED) is 0.710. The number of hydrogen-bond acceptors (Lipinski definition) is 4. The van der Waals surface area contributed by atoms with E-state index in [1.807, 2.05) is 25.5 Å². The Kier molecular flexibility index (Phi) is 9.96. The first kappa shape index (κ1) is 24.4. The van der Waals surface area contributed by atoms with Gasteiger partial charge in [0.1, 0.15) is 0 Å². The number of rotatable bonds is 7. The number of nitrogens with one attached hydrogen (secondary N) is 2. The lowest BCUT2D eigenvalue weighted by atomic mass is 9.90. The van der Waals surface area contributed by atoms with Gasteiger partial charge in [0.2, 0.25) is 5.91 Å². The van der Waals surface area contributed by atoms with Crippen LogP contribution >= 0.6 is 24.8 Å². The van der Waals surface area contributed by atoms with E-state index in [-0.39, 0.29) is 48.6 Å². The molecule has 1 fully saturated rings. The Morgan fingerprint density at radius 3 is 2.68 bits per heavy atom. The molecule has 1 aliphatic heterocycles. The highest BCUT2D eigenvalue weighted by atomic mass is 35.5. The number of aryl methyl sites for hydroxylation is 1. The average molecular weight is 428 g/mol. The van der Waals surface area contributed by atoms with Crippen molar-refractivity contribution in [3.05, 3.63) is 53.9 Å². The van der Waals surface area contributed by atoms with Crippen LogP contribution in [-0.2, 0) is 18.4 Å². The number of halogens is 2. The molecule has 1 aromatic carbocycles. The minimum absolute atomic E-state index is 0. The Labute approximate surface area is 179 Å². The van der Waals surface area contributed by atoms with Gasteiger partial charge in [-0.25, -0.2) is 0 Å². The number of benzene rings is 1. The lowest BCUT2D eigenvalue weighted by Gasteiger charge is -2.26. The second-order valence-corrected chi connectivity index (χ2v) is 7.31. The summed E-state index contributed by atoms with van der Waals surface area (Å²) in [4.78, 5) is 15.0. The monoisotopic (exact) mass is 427 g/mol. The minimum atomic E-state index is -0.0363. The van der Waals surface area contributed by atoms with Gasteiger partial charge in [0.25, 0.3) is 0 Å². The van der Waals surface area contributed by atoms with Gasteiger partial charge in [-0.3, -0.25) is 14.4 Å². The highest BCUT2D eigenvalue weighted by Gasteiger charge is 2.34. The number of hydrogen-bond donors (Lipinski definition) is 2. The summed E-state index contributed by atoms with van der Waals surface area (Å²) in [5, 5.41) is 10.7. The summed E-state index contributed by atoms with van der Waals surface area (Å²) in [6.45, 7) is 5.22. The largest absolute Gasteiger partial charge is 0.354 e. The molecule has 3 rings (SSSR count). The van der Waals surface area contributed by atoms with Crippen molar-refractivity contribution in [1.82, 2.24) is 25.3 Å². The maximum atomic E-state index is 12.7. The van der Waals surface area contributed by atoms with Gasteiger partial charge in [-0.05, 0) is 25.1 Å². The van der Waals surface area contributed by atoms with Crippen LogP contribution in [0.15, 0.2) is 42.7 Å². The van der Waals surface area contributed by atoms with Crippen LogP contribution < -0.4 is 10.6 Å². The summed E-state index contributed by atoms with van der Waals surface area (Å²) in [6.07, 6.45) is 3.88. The Bertz CT molecular complexity index is 724. The number of carbonyl (C=O) groups is 1. The maximum absolute atomic E-state index is 12.7. The third kappa shape index (κ3) is 6.21. The van der Waals surface area contributed by atoms with Gasteiger partial charge in [0, 0.05) is 51.4 Å². The predicted molar refractivity (Wildman–Crippen MR) is 117 cm³/mol. The van der Waals surface area contributed by atoms with Crippen molar-refractivity contribution in [3.8, 4) is 0 Å². The van der Waals surface area contributed by atoms with Gasteiger partial charge in [0.05, 0.1) is 12.1 Å². The standard InChI is InChI=1S/C20H29N5O.2ClH/c1-15(24(2)13-16-7-5-4-6-8-16)9-22-20(26)19-12-21-11-18(19)17-10-23-25(3)14-17;;/h4-8,10,14-15,18-19,21H,9,11-13H2,1-3H3,(H,22,26);2*1H/t15?,18-,19+;;/m1../s1. The first-order chi connectivity index (χ1) is 12.5. The molecular weight excluding hydrogens is 397 g/mol. The average Bonchev–Trinajstić information content (AvgIpc) is 3.28. The fraction of sp³-hybridized carbons (Fsp3) is 0.500. The Morgan fingerprint density at radius 1 is 1.32 bits per heavy atom. The zero-order valence-electron chi connectivity index (χ0n) is 16.7. The van der Waals surface area contributed by atoms with Crippen molar-refractivity contribution in [2.75, 3.05) is 26.7 Å². The topological polar surface area (TPSA) is 62.2 Å². The molecule has 1 aromatic heterocycles. The molecule has 1 amide bonds. The van der Waals surface area contributed by atoms with Crippen LogP contribution in [0.2, 0.25) is 0 Å². The third-order valence-electron chi connectivity index (χ3n) is 5.30. The number of carbonyl (C=O) groups excluding carboxylic acids is 1. The van der Waals surface area contributed by atoms with E-state index >= 15 is 0 Å². The van der Waals surface area contributed by atoms with E-state index in [0.29, 0.717) is 6.54 Å². The van der Waals surface area contributed by atoms with Crippen molar-refractivity contribution >= 4 is 30.7 Å². The molecule has 0 spiro atoms. The Balaban J connectivity index is 0.00000196. The highest BCUT2D eigenvalue weighted by Crippen LogP contribution is 2.27. The molecule has 2 aromatic rings. The summed E-state index contributed by atoms with van der Waals surface area (Å²) in [5.74, 6) is 0.288. The second-order valence-electron chi connectivity index (χ2n) is 7.31. The Hall–Kier alpha value is -1.60. The van der Waals surface area contributed by atoms with E-state index in [1.54, 1.807) is 4.68 Å². The molecule has 28 heavy (non-hydrogen) atoms. The molecule has 3 atom stereocenters. The molecule has 0 aliphatic carbocycles. The maximum Gasteiger partial charge on any atom is 0.225 e. The number of likely N-dealkylation sites (N-methyl/N-ethyl adjacent to an activating group) is 1. The van der Waals surface area contributed by atoms with Crippen molar-refractivity contribution in [2.45, 2.75) is 25.4 Å². The van der Waals surface area contributed by atoms with Crippen LogP contribution in [0.3, 0.4) is 0 Å². The van der Waals surface area contributed by atoms with Gasteiger partial charge in [0.15, 0.2) is 0 Å². The lowest BCUT2D eigenvalue weighted by molar-refractivity contribution is -0.125. The smallest absolute Gasteiger partial charge is 0.225 e. The first-order valence-corrected chi connectivity index (χ1v) is 9.25. The fourth-order valence-electron chi connectivity index (χ4n) is 3.50. The van der Waals surface area contributed by atoms with E-state index in [0.717, 1.165) is 25.2 Å². The summed E-state index contributed by atoms with van der Waals surface area (Å²) in [6, 6.07) is 10.7. The molecule has 1 saturated heterocycles. The molecule has 2 N–H and O–H groups in total. The first-order valence-electron chi connectivity index (χ1n) is 9.25. The number of aromatic nitrogens is 2. The van der Waals surface area contributed by atoms with Gasteiger partial charge < -0.3 is 10.6 Å². The van der Waals surface area contributed by atoms with Gasteiger partial charge >= 0.3 is 0 Å². The van der Waals surface area contributed by atoms with Crippen LogP contribution in [0.5, 0.6) is 0 Å². The molecule has 2 heterocycles. The molecule has 156 valence electrons. The summed E-state index contributed by atoms with van der Waals surface area (Å²) >= 11 is 0. The van der Waals surface area contributed by atoms with Crippen LogP contribution in [0.1, 0.15) is 24.0 Å². The molecule has 8 heteroatoms. The molecule has 0 radical (unpaired) electrons. The summed E-state index contributed by atoms with van der Waals surface area (Å²) < 4.78 is 1.79. The van der Waals surface area contributed by atoms with E-state index < -0.39 is 0 Å². The predicted octanol–water partition coefficient (Wildman–Crippen LogP) is 2.20. The summed E-state index contributed by atoms with van der Waals surface area (Å²) in [5.41, 5.74) is 2.41. The van der Waals surface area contributed by atoms with Gasteiger partial charge in [-0.15, -0.1) is 24.8 Å². The minimum Gasteiger partial charge on any atom is -0.354 e. The van der Waals surface area contributed by atoms with Crippen molar-refractivity contribution < 1.29 is 4.79 Å². The van der Waals surface area contributed by atoms with Crippen LogP contribution in [0, 0.1) is 5.92 Å². The van der Waals surface area contributed by atoms with E-state index in [1.165, 1.54) is 5.56 Å². The third-order valence-corrected chi connectivity index (χ3v) is 5.30. The van der Waals surface area contributed by atoms with Crippen molar-refractivity contribution in [1.29, 1.82) is 0 Å². The Morgan fingerprint density at radius 2 is 2.04 bits per heavy atom. The van der Waals surface area contributed by atoms with E-state index in [2.05, 4.69) is 58.9 Å². The van der Waals surface area contributed by atoms with Gasteiger partial charge in [-0.2, -0.15) is 5.10 Å². The molecule has 1 aliphatic rings. The number of amides is 1. The SMILES string of the molecule is CC(CNC(=O)[C@H]1CNC[C@@H]1c1cnn(C)c1)N(C)Cc1ccccc1.Cl.Cl. The lowest BCUT2D eigenvalue weighted by Crippen LogP contribution is -2.43. The highest BCUT2D eigenvalue weighted by molar-refractivity contribution is 5.85. The van der Waals surface area contributed by atoms with Crippen molar-refractivity contribution in [3.63, 3.8) is 0 Å². The summed E-state index contributed by atoms with van der Waals surface area (Å²) in [7, 11) is 4.00. The molecule has 1 unspecified atom stereocenters. The molecule has 0 saturated carbocycles. The van der Waals surface area contributed by atoms with Crippen LogP contribution in [0.25, 0.3) is 0 Å². The fourth-order valence-corrected chi connectivity index (χ4v) is 3.50. The zero-order chi connectivity index (χ0) is 18.5. The van der Waals surface area contributed by atoms with Crippen molar-refractivity contribution in [2.24, 2.45) is 13.0 Å². The van der Waals surface area contributed by atoms with E-state index in [9.17, 15) is 4.79 Å². The van der Waals surface area contributed by atoms with Gasteiger partial charge in [-0.1, -0.05) is 30.3 Å². The molecule has 0 bridgehead atoms. The van der Waals surface area contributed by atoms with Crippen LogP contribution in [-0.4, -0.2) is 53.3 Å². The number of nitrogens with zero attached hydrogens (tertiary/aromatic N) is 3. The molecule has 6 nitrogen and oxygen atoms in total. The van der Waals surface area contributed by atoms with E-state index in [4.69, 9.17) is 0 Å².